The van der Waals surface area contributed by atoms with Crippen LogP contribution in [-0.4, -0.2) is 36.5 Å². The fourth-order valence-corrected chi connectivity index (χ4v) is 3.17. The molecule has 1 atom stereocenters. The van der Waals surface area contributed by atoms with E-state index in [9.17, 15) is 9.59 Å². The van der Waals surface area contributed by atoms with Gasteiger partial charge < -0.3 is 15.0 Å². The van der Waals surface area contributed by atoms with Gasteiger partial charge in [0.2, 0.25) is 11.8 Å². The van der Waals surface area contributed by atoms with Crippen LogP contribution in [0.2, 0.25) is 5.02 Å². The maximum absolute atomic E-state index is 13.1. The Labute approximate surface area is 178 Å². The summed E-state index contributed by atoms with van der Waals surface area (Å²) in [6.07, 6.45) is 1.04. The van der Waals surface area contributed by atoms with E-state index in [1.807, 2.05) is 49.4 Å². The fraction of sp³-hybridized carbons (Fsp3) is 0.391. The molecule has 1 N–H and O–H groups in total. The van der Waals surface area contributed by atoms with Gasteiger partial charge in [0.25, 0.3) is 0 Å². The number of ether oxygens (including phenoxy) is 1. The minimum Gasteiger partial charge on any atom is -0.382 e. The average molecular weight is 417 g/mol. The number of nitrogens with zero attached hydrogens (tertiary/aromatic N) is 1. The Balaban J connectivity index is 2.25. The van der Waals surface area contributed by atoms with E-state index in [0.29, 0.717) is 37.7 Å². The first-order chi connectivity index (χ1) is 14.1. The molecule has 2 aromatic rings. The highest BCUT2D eigenvalue weighted by Gasteiger charge is 2.30. The highest BCUT2D eigenvalue weighted by atomic mass is 35.5. The second-order valence-electron chi connectivity index (χ2n) is 6.66. The van der Waals surface area contributed by atoms with Crippen LogP contribution >= 0.6 is 11.6 Å². The summed E-state index contributed by atoms with van der Waals surface area (Å²) in [4.78, 5) is 27.6. The van der Waals surface area contributed by atoms with Crippen LogP contribution in [0.3, 0.4) is 0 Å². The molecule has 0 bridgehead atoms. The molecule has 2 rings (SSSR count). The van der Waals surface area contributed by atoms with Crippen LogP contribution in [0.5, 0.6) is 0 Å². The van der Waals surface area contributed by atoms with Gasteiger partial charge in [-0.25, -0.2) is 0 Å². The van der Waals surface area contributed by atoms with Gasteiger partial charge in [0.05, 0.1) is 0 Å². The van der Waals surface area contributed by atoms with Crippen molar-refractivity contribution in [1.82, 2.24) is 10.2 Å². The summed E-state index contributed by atoms with van der Waals surface area (Å²) in [6, 6.07) is 16.0. The predicted octanol–water partition coefficient (Wildman–Crippen LogP) is 4.36. The zero-order valence-corrected chi connectivity index (χ0v) is 17.8. The highest BCUT2D eigenvalue weighted by molar-refractivity contribution is 6.30. The molecule has 0 fully saturated rings. The molecule has 0 spiro atoms. The van der Waals surface area contributed by atoms with Crippen molar-refractivity contribution in [2.24, 2.45) is 0 Å². The molecule has 0 radical (unpaired) electrons. The molecular formula is C23H29ClN2O3. The topological polar surface area (TPSA) is 58.6 Å². The van der Waals surface area contributed by atoms with Crippen molar-refractivity contribution in [3.8, 4) is 0 Å². The van der Waals surface area contributed by atoms with E-state index in [-0.39, 0.29) is 11.8 Å². The molecular weight excluding hydrogens is 388 g/mol. The zero-order valence-electron chi connectivity index (χ0n) is 17.1. The Morgan fingerprint density at radius 1 is 1.07 bits per heavy atom. The Morgan fingerprint density at radius 2 is 1.76 bits per heavy atom. The van der Waals surface area contributed by atoms with Gasteiger partial charge >= 0.3 is 0 Å². The lowest BCUT2D eigenvalue weighted by Gasteiger charge is -2.31. The molecule has 6 heteroatoms. The van der Waals surface area contributed by atoms with E-state index in [4.69, 9.17) is 16.3 Å². The quantitative estimate of drug-likeness (QED) is 0.553. The van der Waals surface area contributed by atoms with E-state index in [2.05, 4.69) is 5.32 Å². The Kier molecular flexibility index (Phi) is 9.68. The molecule has 0 unspecified atom stereocenters. The molecule has 0 aromatic heterocycles. The van der Waals surface area contributed by atoms with E-state index in [0.717, 1.165) is 17.5 Å². The van der Waals surface area contributed by atoms with Gasteiger partial charge in [-0.05, 0) is 36.6 Å². The van der Waals surface area contributed by atoms with Gasteiger partial charge in [-0.1, -0.05) is 61.0 Å². The third-order valence-electron chi connectivity index (χ3n) is 4.53. The first-order valence-corrected chi connectivity index (χ1v) is 10.4. The summed E-state index contributed by atoms with van der Waals surface area (Å²) >= 11 is 5.99. The van der Waals surface area contributed by atoms with Gasteiger partial charge in [0, 0.05) is 37.7 Å². The summed E-state index contributed by atoms with van der Waals surface area (Å²) in [5.41, 5.74) is 1.70. The Morgan fingerprint density at radius 3 is 2.38 bits per heavy atom. The Hall–Kier alpha value is -2.37. The average Bonchev–Trinajstić information content (AvgIpc) is 2.74. The summed E-state index contributed by atoms with van der Waals surface area (Å²) in [5, 5.41) is 3.59. The number of amides is 2. The number of hydrogen-bond donors (Lipinski definition) is 1. The van der Waals surface area contributed by atoms with Gasteiger partial charge in [-0.2, -0.15) is 0 Å². The van der Waals surface area contributed by atoms with E-state index in [1.165, 1.54) is 0 Å². The van der Waals surface area contributed by atoms with Crippen LogP contribution < -0.4 is 5.32 Å². The molecule has 0 heterocycles. The smallest absolute Gasteiger partial charge is 0.247 e. The lowest BCUT2D eigenvalue weighted by atomic mass is 10.0. The van der Waals surface area contributed by atoms with Crippen LogP contribution in [0.25, 0.3) is 0 Å². The number of nitrogens with one attached hydrogen (secondary N) is 1. The number of carbonyl (C=O) groups is 2. The SMILES string of the molecule is CCOCCCNC(=O)[C@H](c1ccccc1)N(Cc1ccc(Cl)cc1)C(=O)CC. The second kappa shape index (κ2) is 12.2. The molecule has 5 nitrogen and oxygen atoms in total. The van der Waals surface area contributed by atoms with Crippen molar-refractivity contribution in [3.63, 3.8) is 0 Å². The lowest BCUT2D eigenvalue weighted by Crippen LogP contribution is -2.43. The first kappa shape index (κ1) is 22.9. The second-order valence-corrected chi connectivity index (χ2v) is 7.09. The molecule has 0 saturated carbocycles. The third-order valence-corrected chi connectivity index (χ3v) is 4.79. The highest BCUT2D eigenvalue weighted by Crippen LogP contribution is 2.25. The van der Waals surface area contributed by atoms with Crippen LogP contribution in [-0.2, 0) is 20.9 Å². The summed E-state index contributed by atoms with van der Waals surface area (Å²) in [7, 11) is 0. The molecule has 0 aliphatic carbocycles. The van der Waals surface area contributed by atoms with E-state index in [1.54, 1.807) is 24.0 Å². The third kappa shape index (κ3) is 7.18. The lowest BCUT2D eigenvalue weighted by molar-refractivity contribution is -0.141. The minimum atomic E-state index is -0.702. The number of benzene rings is 2. The van der Waals surface area contributed by atoms with Crippen molar-refractivity contribution in [2.75, 3.05) is 19.8 Å². The van der Waals surface area contributed by atoms with Crippen LogP contribution in [0.1, 0.15) is 43.9 Å². The minimum absolute atomic E-state index is 0.0849. The first-order valence-electron chi connectivity index (χ1n) is 10.0. The molecule has 2 aromatic carbocycles. The van der Waals surface area contributed by atoms with Gasteiger partial charge in [-0.15, -0.1) is 0 Å². The van der Waals surface area contributed by atoms with E-state index >= 15 is 0 Å². The van der Waals surface area contributed by atoms with Crippen LogP contribution in [0.15, 0.2) is 54.6 Å². The molecule has 0 aliphatic rings. The summed E-state index contributed by atoms with van der Waals surface area (Å²) < 4.78 is 5.33. The van der Waals surface area contributed by atoms with Gasteiger partial charge in [0.1, 0.15) is 6.04 Å². The standard InChI is InChI=1S/C23H29ClN2O3/c1-3-21(27)26(17-18-11-13-20(24)14-12-18)22(19-9-6-5-7-10-19)23(28)25-15-8-16-29-4-2/h5-7,9-14,22H,3-4,8,15-17H2,1-2H3,(H,25,28)/t22-/m0/s1. The van der Waals surface area contributed by atoms with Crippen molar-refractivity contribution in [1.29, 1.82) is 0 Å². The van der Waals surface area contributed by atoms with Gasteiger partial charge in [-0.3, -0.25) is 9.59 Å². The maximum Gasteiger partial charge on any atom is 0.247 e. The molecule has 156 valence electrons. The number of halogens is 1. The number of hydrogen-bond acceptors (Lipinski definition) is 3. The van der Waals surface area contributed by atoms with Crippen LogP contribution in [0.4, 0.5) is 0 Å². The monoisotopic (exact) mass is 416 g/mol. The molecule has 0 aliphatic heterocycles. The van der Waals surface area contributed by atoms with Crippen molar-refractivity contribution < 1.29 is 14.3 Å². The van der Waals surface area contributed by atoms with Crippen LogP contribution in [0, 0.1) is 0 Å². The molecule has 2 amide bonds. The summed E-state index contributed by atoms with van der Waals surface area (Å²) in [6.45, 7) is 5.82. The van der Waals surface area contributed by atoms with E-state index < -0.39 is 6.04 Å². The number of rotatable bonds is 11. The maximum atomic E-state index is 13.1. The Bertz CT molecular complexity index is 765. The number of carbonyl (C=O) groups excluding carboxylic acids is 2. The zero-order chi connectivity index (χ0) is 21.1. The van der Waals surface area contributed by atoms with Gasteiger partial charge in [0.15, 0.2) is 0 Å². The largest absolute Gasteiger partial charge is 0.382 e. The molecule has 29 heavy (non-hydrogen) atoms. The van der Waals surface area contributed by atoms with Crippen molar-refractivity contribution >= 4 is 23.4 Å². The molecule has 0 saturated heterocycles. The predicted molar refractivity (Wildman–Crippen MR) is 116 cm³/mol. The van der Waals surface area contributed by atoms with Crippen molar-refractivity contribution in [2.45, 2.75) is 39.3 Å². The van der Waals surface area contributed by atoms with Crippen molar-refractivity contribution in [3.05, 3.63) is 70.7 Å². The normalized spacial score (nSPS) is 11.7. The fourth-order valence-electron chi connectivity index (χ4n) is 3.05. The summed E-state index contributed by atoms with van der Waals surface area (Å²) in [5.74, 6) is -0.276.